The number of hydrogen-bond acceptors (Lipinski definition) is 4. The number of carbonyl (C=O) groups excluding carboxylic acids is 3. The number of nitrogens with two attached hydrogens (primary N) is 1. The zero-order valence-electron chi connectivity index (χ0n) is 12.0. The van der Waals surface area contributed by atoms with Crippen molar-refractivity contribution < 1.29 is 19.1 Å². The average molecular weight is 293 g/mol. The van der Waals surface area contributed by atoms with Gasteiger partial charge >= 0.3 is 12.0 Å². The van der Waals surface area contributed by atoms with E-state index in [0.717, 1.165) is 0 Å². The molecule has 3 amide bonds. The van der Waals surface area contributed by atoms with Crippen molar-refractivity contribution in [2.24, 2.45) is 11.7 Å². The molecule has 0 aliphatic rings. The fraction of sp³-hybridized carbons (Fsp3) is 0.357. The molecule has 0 unspecified atom stereocenters. The number of rotatable bonds is 6. The predicted molar refractivity (Wildman–Crippen MR) is 77.8 cm³/mol. The Labute approximate surface area is 122 Å². The van der Waals surface area contributed by atoms with Crippen LogP contribution in [0.4, 0.5) is 10.5 Å². The second kappa shape index (κ2) is 7.88. The molecule has 0 bridgehead atoms. The van der Waals surface area contributed by atoms with Crippen LogP contribution in [-0.4, -0.2) is 31.1 Å². The SMILES string of the molecule is CC(C)CNC(=O)COC(=O)c1ccc(NC(N)=O)cc1. The molecule has 0 heterocycles. The normalized spacial score (nSPS) is 10.0. The average Bonchev–Trinajstić information content (AvgIpc) is 2.42. The highest BCUT2D eigenvalue weighted by molar-refractivity contribution is 5.93. The van der Waals surface area contributed by atoms with Gasteiger partial charge in [0.1, 0.15) is 0 Å². The minimum atomic E-state index is -0.688. The Morgan fingerprint density at radius 3 is 2.33 bits per heavy atom. The molecule has 0 aromatic heterocycles. The summed E-state index contributed by atoms with van der Waals surface area (Å²) in [6.07, 6.45) is 0. The molecule has 4 N–H and O–H groups in total. The molecule has 0 aliphatic heterocycles. The molecule has 1 aromatic rings. The molecule has 0 spiro atoms. The summed E-state index contributed by atoms with van der Waals surface area (Å²) >= 11 is 0. The highest BCUT2D eigenvalue weighted by atomic mass is 16.5. The van der Waals surface area contributed by atoms with Crippen molar-refractivity contribution >= 4 is 23.6 Å². The van der Waals surface area contributed by atoms with Crippen LogP contribution in [-0.2, 0) is 9.53 Å². The van der Waals surface area contributed by atoms with Gasteiger partial charge in [-0.2, -0.15) is 0 Å². The Morgan fingerprint density at radius 2 is 1.81 bits per heavy atom. The van der Waals surface area contributed by atoms with E-state index in [9.17, 15) is 14.4 Å². The first-order valence-electron chi connectivity index (χ1n) is 6.49. The number of amides is 3. The monoisotopic (exact) mass is 293 g/mol. The van der Waals surface area contributed by atoms with E-state index in [1.807, 2.05) is 13.8 Å². The first-order valence-corrected chi connectivity index (χ1v) is 6.49. The van der Waals surface area contributed by atoms with Crippen LogP contribution in [0.5, 0.6) is 0 Å². The molecule has 7 nitrogen and oxygen atoms in total. The van der Waals surface area contributed by atoms with Gasteiger partial charge in [-0.15, -0.1) is 0 Å². The van der Waals surface area contributed by atoms with Crippen molar-refractivity contribution in [1.29, 1.82) is 0 Å². The van der Waals surface area contributed by atoms with E-state index < -0.39 is 12.0 Å². The lowest BCUT2D eigenvalue weighted by molar-refractivity contribution is -0.124. The molecular formula is C14H19N3O4. The number of hydrogen-bond donors (Lipinski definition) is 3. The van der Waals surface area contributed by atoms with Crippen LogP contribution in [0.25, 0.3) is 0 Å². The van der Waals surface area contributed by atoms with Gasteiger partial charge in [0.15, 0.2) is 6.61 Å². The molecule has 0 saturated heterocycles. The highest BCUT2D eigenvalue weighted by Crippen LogP contribution is 2.10. The van der Waals surface area contributed by atoms with E-state index >= 15 is 0 Å². The summed E-state index contributed by atoms with van der Waals surface area (Å²) in [5, 5.41) is 5.01. The molecule has 7 heteroatoms. The van der Waals surface area contributed by atoms with Crippen molar-refractivity contribution in [1.82, 2.24) is 5.32 Å². The number of ether oxygens (including phenoxy) is 1. The summed E-state index contributed by atoms with van der Waals surface area (Å²) in [7, 11) is 0. The Balaban J connectivity index is 2.45. The predicted octanol–water partition coefficient (Wildman–Crippen LogP) is 1.11. The Hall–Kier alpha value is -2.57. The first kappa shape index (κ1) is 16.5. The third kappa shape index (κ3) is 6.42. The van der Waals surface area contributed by atoms with E-state index in [4.69, 9.17) is 10.5 Å². The van der Waals surface area contributed by atoms with Gasteiger partial charge in [0.2, 0.25) is 0 Å². The van der Waals surface area contributed by atoms with Gasteiger partial charge < -0.3 is 21.1 Å². The third-order valence-corrected chi connectivity index (χ3v) is 2.43. The standard InChI is InChI=1S/C14H19N3O4/c1-9(2)7-16-12(18)8-21-13(19)10-3-5-11(6-4-10)17-14(15)20/h3-6,9H,7-8H2,1-2H3,(H,16,18)(H3,15,17,20). The molecule has 0 fully saturated rings. The molecule has 0 atom stereocenters. The number of nitrogens with one attached hydrogen (secondary N) is 2. The first-order chi connectivity index (χ1) is 9.88. The number of benzene rings is 1. The van der Waals surface area contributed by atoms with Crippen LogP contribution in [0.3, 0.4) is 0 Å². The number of carbonyl (C=O) groups is 3. The van der Waals surface area contributed by atoms with Gasteiger partial charge in [0.05, 0.1) is 5.56 Å². The van der Waals surface area contributed by atoms with Gasteiger partial charge in [0.25, 0.3) is 5.91 Å². The second-order valence-corrected chi connectivity index (χ2v) is 4.84. The maximum Gasteiger partial charge on any atom is 0.338 e. The Bertz CT molecular complexity index is 511. The molecule has 0 saturated carbocycles. The summed E-state index contributed by atoms with van der Waals surface area (Å²) in [6, 6.07) is 5.28. The largest absolute Gasteiger partial charge is 0.452 e. The molecule has 0 aliphatic carbocycles. The van der Waals surface area contributed by atoms with E-state index in [2.05, 4.69) is 10.6 Å². The van der Waals surface area contributed by atoms with E-state index in [-0.39, 0.29) is 18.1 Å². The zero-order valence-corrected chi connectivity index (χ0v) is 12.0. The van der Waals surface area contributed by atoms with Gasteiger partial charge in [-0.1, -0.05) is 13.8 Å². The molecule has 21 heavy (non-hydrogen) atoms. The lowest BCUT2D eigenvalue weighted by Gasteiger charge is -2.08. The van der Waals surface area contributed by atoms with Crippen LogP contribution >= 0.6 is 0 Å². The maximum absolute atomic E-state index is 11.7. The summed E-state index contributed by atoms with van der Waals surface area (Å²) in [6.45, 7) is 4.14. The van der Waals surface area contributed by atoms with E-state index in [1.165, 1.54) is 24.3 Å². The van der Waals surface area contributed by atoms with Gasteiger partial charge in [-0.3, -0.25) is 4.79 Å². The fourth-order valence-corrected chi connectivity index (χ4v) is 1.42. The quantitative estimate of drug-likeness (QED) is 0.682. The van der Waals surface area contributed by atoms with Crippen LogP contribution in [0.1, 0.15) is 24.2 Å². The Kier molecular flexibility index (Phi) is 6.19. The maximum atomic E-state index is 11.7. The molecule has 114 valence electrons. The van der Waals surface area contributed by atoms with Gasteiger partial charge in [-0.05, 0) is 30.2 Å². The minimum absolute atomic E-state index is 0.279. The van der Waals surface area contributed by atoms with E-state index in [1.54, 1.807) is 0 Å². The summed E-state index contributed by atoms with van der Waals surface area (Å²) in [5.74, 6) is -0.626. The summed E-state index contributed by atoms with van der Waals surface area (Å²) in [4.78, 5) is 33.8. The Morgan fingerprint density at radius 1 is 1.19 bits per heavy atom. The lowest BCUT2D eigenvalue weighted by Crippen LogP contribution is -2.31. The minimum Gasteiger partial charge on any atom is -0.452 e. The van der Waals surface area contributed by atoms with Crippen LogP contribution in [0, 0.1) is 5.92 Å². The van der Waals surface area contributed by atoms with Crippen molar-refractivity contribution in [2.45, 2.75) is 13.8 Å². The van der Waals surface area contributed by atoms with Crippen molar-refractivity contribution in [3.8, 4) is 0 Å². The molecule has 0 radical (unpaired) electrons. The van der Waals surface area contributed by atoms with Crippen LogP contribution < -0.4 is 16.4 Å². The zero-order chi connectivity index (χ0) is 15.8. The van der Waals surface area contributed by atoms with Crippen LogP contribution in [0.15, 0.2) is 24.3 Å². The highest BCUT2D eigenvalue weighted by Gasteiger charge is 2.10. The second-order valence-electron chi connectivity index (χ2n) is 4.84. The van der Waals surface area contributed by atoms with Crippen molar-refractivity contribution in [3.63, 3.8) is 0 Å². The van der Waals surface area contributed by atoms with Crippen LogP contribution in [0.2, 0.25) is 0 Å². The lowest BCUT2D eigenvalue weighted by atomic mass is 10.2. The smallest absolute Gasteiger partial charge is 0.338 e. The molecular weight excluding hydrogens is 274 g/mol. The van der Waals surface area contributed by atoms with E-state index in [0.29, 0.717) is 18.2 Å². The molecule has 1 rings (SSSR count). The fourth-order valence-electron chi connectivity index (χ4n) is 1.42. The topological polar surface area (TPSA) is 111 Å². The summed E-state index contributed by atoms with van der Waals surface area (Å²) in [5.41, 5.74) is 5.71. The van der Waals surface area contributed by atoms with Crippen molar-refractivity contribution in [3.05, 3.63) is 29.8 Å². The summed E-state index contributed by atoms with van der Waals surface area (Å²) < 4.78 is 4.88. The number of anilines is 1. The number of urea groups is 1. The number of esters is 1. The van der Waals surface area contributed by atoms with Gasteiger partial charge in [-0.25, -0.2) is 9.59 Å². The van der Waals surface area contributed by atoms with Gasteiger partial charge in [0, 0.05) is 12.2 Å². The third-order valence-electron chi connectivity index (χ3n) is 2.43. The van der Waals surface area contributed by atoms with Crippen molar-refractivity contribution in [2.75, 3.05) is 18.5 Å². The number of primary amides is 1. The molecule has 1 aromatic carbocycles.